The molecule has 2 aliphatic rings. The first-order valence-electron chi connectivity index (χ1n) is 1.97. The van der Waals surface area contributed by atoms with Crippen molar-refractivity contribution in [2.75, 3.05) is 0 Å². The Balaban J connectivity index is 2.48. The van der Waals surface area contributed by atoms with Crippen molar-refractivity contribution < 1.29 is 0 Å². The topological polar surface area (TPSA) is 0 Å². The zero-order valence-electron chi connectivity index (χ0n) is 2.57. The van der Waals surface area contributed by atoms with Crippen LogP contribution in [0, 0.1) is 0 Å². The summed E-state index contributed by atoms with van der Waals surface area (Å²) in [5.41, 5.74) is 0. The van der Waals surface area contributed by atoms with E-state index in [9.17, 15) is 0 Å². The van der Waals surface area contributed by atoms with E-state index >= 15 is 0 Å². The van der Waals surface area contributed by atoms with Crippen molar-refractivity contribution >= 4 is 19.0 Å². The molecule has 0 saturated carbocycles. The average molecular weight is 86.2 g/mol. The van der Waals surface area contributed by atoms with E-state index < -0.39 is 0 Å². The highest BCUT2D eigenvalue weighted by Gasteiger charge is 2.53. The van der Waals surface area contributed by atoms with Gasteiger partial charge in [0.25, 0.3) is 0 Å². The Bertz CT molecular complexity index is 40.0. The van der Waals surface area contributed by atoms with Crippen molar-refractivity contribution in [2.45, 2.75) is 10.3 Å². The largest absolute Gasteiger partial charge is 0.0631 e. The first kappa shape index (κ1) is 1.77. The molecule has 0 aliphatic carbocycles. The van der Waals surface area contributed by atoms with E-state index in [1.165, 1.54) is 10.3 Å². The van der Waals surface area contributed by atoms with Gasteiger partial charge in [0, 0.05) is 19.0 Å². The third-order valence-corrected chi connectivity index (χ3v) is 10.4. The molecule has 2 rings (SSSR count). The van der Waals surface area contributed by atoms with Crippen LogP contribution in [-0.4, -0.2) is 19.0 Å². The van der Waals surface area contributed by atoms with Crippen molar-refractivity contribution in [3.05, 3.63) is 0 Å². The van der Waals surface area contributed by atoms with Gasteiger partial charge in [0.05, 0.1) is 0 Å². The van der Waals surface area contributed by atoms with E-state index in [-0.39, 0.29) is 0 Å². The molecule has 22 valence electrons. The van der Waals surface area contributed by atoms with Gasteiger partial charge in [-0.2, -0.15) is 0 Å². The molecule has 0 atom stereocenters. The van der Waals surface area contributed by atoms with E-state index in [1.807, 2.05) is 0 Å². The lowest BCUT2D eigenvalue weighted by molar-refractivity contribution is 1.69. The average Bonchev–Trinajstić information content (AvgIpc) is 1.36. The normalized spacial score (nSPS) is 78.0. The van der Waals surface area contributed by atoms with Crippen LogP contribution in [-0.2, 0) is 0 Å². The molecule has 0 spiro atoms. The molecule has 0 aromatic carbocycles. The molecule has 2 heterocycles. The van der Waals surface area contributed by atoms with E-state index in [0.29, 0.717) is 0 Å². The van der Waals surface area contributed by atoms with Crippen LogP contribution in [0.5, 0.6) is 0 Å². The summed E-state index contributed by atoms with van der Waals surface area (Å²) in [6.45, 7) is 0. The smallest absolute Gasteiger partial charge is 0.0190 e. The van der Waals surface area contributed by atoms with E-state index in [1.54, 1.807) is 0 Å². The summed E-state index contributed by atoms with van der Waals surface area (Å²) in [4.78, 5) is 0. The van der Waals surface area contributed by atoms with Gasteiger partial charge in [-0.15, -0.1) is 0 Å². The summed E-state index contributed by atoms with van der Waals surface area (Å²) in [6.07, 6.45) is 0. The second-order valence-corrected chi connectivity index (χ2v) is 9.44. The van der Waals surface area contributed by atoms with Crippen LogP contribution in [0.2, 0.25) is 10.3 Å². The van der Waals surface area contributed by atoms with Gasteiger partial charge in [0.1, 0.15) is 0 Å². The van der Waals surface area contributed by atoms with E-state index in [4.69, 9.17) is 0 Å². The molecular formula is C2H6Si2. The van der Waals surface area contributed by atoms with Gasteiger partial charge >= 0.3 is 0 Å². The predicted molar refractivity (Wildman–Crippen MR) is 24.6 cm³/mol. The van der Waals surface area contributed by atoms with Crippen LogP contribution in [0.15, 0.2) is 0 Å². The highest BCUT2D eigenvalue weighted by Crippen LogP contribution is 2.57. The Labute approximate surface area is 30.2 Å². The lowest BCUT2D eigenvalue weighted by Crippen LogP contribution is -1.74. The first-order valence-corrected chi connectivity index (χ1v) is 5.23. The minimum absolute atomic E-state index is 0.750. The Kier molecular flexibility index (Phi) is 0.127. The molecular weight excluding hydrogens is 80.2 g/mol. The van der Waals surface area contributed by atoms with Crippen LogP contribution in [0.4, 0.5) is 0 Å². The summed E-state index contributed by atoms with van der Waals surface area (Å²) < 4.78 is 0. The zero-order chi connectivity index (χ0) is 2.57. The van der Waals surface area contributed by atoms with Crippen LogP contribution >= 0.6 is 0 Å². The molecule has 0 nitrogen and oxygen atoms in total. The second-order valence-electron chi connectivity index (χ2n) is 1.99. The highest BCUT2D eigenvalue weighted by atomic mass is 28.3. The zero-order valence-corrected chi connectivity index (χ0v) is 5.40. The SMILES string of the molecule is [SiH2]1C2[SiH2]C12. The third kappa shape index (κ3) is 0.0703. The first-order chi connectivity index (χ1) is 1.97. The monoisotopic (exact) mass is 86.0 g/mol. The molecule has 0 bridgehead atoms. The van der Waals surface area contributed by atoms with Gasteiger partial charge in [-0.25, -0.2) is 0 Å². The minimum atomic E-state index is 0.750. The molecule has 2 heteroatoms. The van der Waals surface area contributed by atoms with Crippen molar-refractivity contribution in [3.8, 4) is 0 Å². The molecule has 0 aromatic rings. The quantitative estimate of drug-likeness (QED) is 0.326. The van der Waals surface area contributed by atoms with Gasteiger partial charge in [-0.05, 0) is 0 Å². The van der Waals surface area contributed by atoms with Crippen molar-refractivity contribution in [1.82, 2.24) is 0 Å². The van der Waals surface area contributed by atoms with Crippen molar-refractivity contribution in [2.24, 2.45) is 0 Å². The van der Waals surface area contributed by atoms with Gasteiger partial charge in [-0.1, -0.05) is 10.3 Å². The molecule has 2 aliphatic heterocycles. The fourth-order valence-electron chi connectivity index (χ4n) is 0.552. The lowest BCUT2D eigenvalue weighted by atomic mass is 11.0. The predicted octanol–water partition coefficient (Wildman–Crippen LogP) is -1.16. The Morgan fingerprint density at radius 2 is 1.25 bits per heavy atom. The van der Waals surface area contributed by atoms with Crippen LogP contribution < -0.4 is 0 Å². The molecule has 2 fully saturated rings. The maximum absolute atomic E-state index is 1.53. The summed E-state index contributed by atoms with van der Waals surface area (Å²) in [5, 5.41) is 3.06. The number of hydrogen-bond donors (Lipinski definition) is 0. The van der Waals surface area contributed by atoms with E-state index in [2.05, 4.69) is 0 Å². The number of rotatable bonds is 0. The van der Waals surface area contributed by atoms with Gasteiger partial charge < -0.3 is 0 Å². The van der Waals surface area contributed by atoms with Crippen LogP contribution in [0.3, 0.4) is 0 Å². The van der Waals surface area contributed by atoms with Crippen molar-refractivity contribution in [1.29, 1.82) is 0 Å². The molecule has 0 radical (unpaired) electrons. The molecule has 0 amide bonds. The molecule has 0 N–H and O–H groups in total. The highest BCUT2D eigenvalue weighted by molar-refractivity contribution is 6.97. The molecule has 0 aromatic heterocycles. The Morgan fingerprint density at radius 3 is 1.25 bits per heavy atom. The van der Waals surface area contributed by atoms with Gasteiger partial charge in [0.2, 0.25) is 0 Å². The van der Waals surface area contributed by atoms with E-state index in [0.717, 1.165) is 19.0 Å². The summed E-state index contributed by atoms with van der Waals surface area (Å²) in [6, 6.07) is 0. The fraction of sp³-hybridized carbons (Fsp3) is 1.00. The number of fused-ring (bicyclic) bond motifs is 1. The summed E-state index contributed by atoms with van der Waals surface area (Å²) in [7, 11) is 1.50. The second kappa shape index (κ2) is 0.286. The lowest BCUT2D eigenvalue weighted by Gasteiger charge is -1.57. The van der Waals surface area contributed by atoms with Crippen LogP contribution in [0.25, 0.3) is 0 Å². The Morgan fingerprint density at radius 1 is 1.00 bits per heavy atom. The number of hydrogen-bond acceptors (Lipinski definition) is 0. The summed E-state index contributed by atoms with van der Waals surface area (Å²) >= 11 is 0. The molecule has 4 heavy (non-hydrogen) atoms. The molecule has 0 unspecified atom stereocenters. The molecule has 2 saturated heterocycles. The summed E-state index contributed by atoms with van der Waals surface area (Å²) in [5.74, 6) is 0. The maximum atomic E-state index is 1.53. The third-order valence-electron chi connectivity index (χ3n) is 1.47. The van der Waals surface area contributed by atoms with Gasteiger partial charge in [-0.3, -0.25) is 0 Å². The standard InChI is InChI=1S/C2H6Si2/c3-1-2(3)4-1/h1-2H,3-4H2. The Hall–Kier alpha value is 0.434. The van der Waals surface area contributed by atoms with Gasteiger partial charge in [0.15, 0.2) is 0 Å². The minimum Gasteiger partial charge on any atom is -0.0631 e. The maximum Gasteiger partial charge on any atom is 0.0190 e. The van der Waals surface area contributed by atoms with Crippen molar-refractivity contribution in [3.63, 3.8) is 0 Å². The van der Waals surface area contributed by atoms with Crippen LogP contribution in [0.1, 0.15) is 0 Å². The fourth-order valence-corrected chi connectivity index (χ4v) is 4.96.